The Morgan fingerprint density at radius 2 is 2.10 bits per heavy atom. The minimum absolute atomic E-state index is 0.208. The van der Waals surface area contributed by atoms with E-state index in [0.29, 0.717) is 0 Å². The monoisotopic (exact) mass is 288 g/mol. The third-order valence-electron chi connectivity index (χ3n) is 3.73. The zero-order chi connectivity index (χ0) is 14.4. The Bertz CT molecular complexity index is 531. The number of nitrogens with one attached hydrogen (secondary N) is 1. The lowest BCUT2D eigenvalue weighted by atomic mass is 10.1. The maximum Gasteiger partial charge on any atom is 0.262 e. The molecule has 1 aliphatic carbocycles. The first kappa shape index (κ1) is 14.8. The van der Waals surface area contributed by atoms with E-state index in [-0.39, 0.29) is 17.5 Å². The molecule has 0 aliphatic heterocycles. The average molecular weight is 288 g/mol. The minimum atomic E-state index is -0.229. The molecule has 2 rings (SSSR count). The summed E-state index contributed by atoms with van der Waals surface area (Å²) in [6.07, 6.45) is 8.60. The molecule has 20 heavy (non-hydrogen) atoms. The summed E-state index contributed by atoms with van der Waals surface area (Å²) in [4.78, 5) is 13.2. The highest BCUT2D eigenvalue weighted by molar-refractivity contribution is 7.11. The minimum Gasteiger partial charge on any atom is -0.349 e. The second-order valence-electron chi connectivity index (χ2n) is 5.30. The van der Waals surface area contributed by atoms with E-state index >= 15 is 0 Å². The quantitative estimate of drug-likeness (QED) is 0.522. The van der Waals surface area contributed by atoms with Gasteiger partial charge in [-0.2, -0.15) is 5.26 Å². The van der Waals surface area contributed by atoms with Gasteiger partial charge in [0, 0.05) is 10.9 Å². The molecule has 0 atom stereocenters. The molecule has 0 spiro atoms. The number of amides is 1. The van der Waals surface area contributed by atoms with Crippen LogP contribution in [0.1, 0.15) is 49.0 Å². The van der Waals surface area contributed by atoms with Crippen molar-refractivity contribution in [3.05, 3.63) is 27.5 Å². The Morgan fingerprint density at radius 1 is 1.40 bits per heavy atom. The maximum absolute atomic E-state index is 12.2. The zero-order valence-corrected chi connectivity index (χ0v) is 12.6. The molecular formula is C16H20N2OS. The zero-order valence-electron chi connectivity index (χ0n) is 11.8. The van der Waals surface area contributed by atoms with Crippen LogP contribution in [0.3, 0.4) is 0 Å². The Morgan fingerprint density at radius 3 is 2.65 bits per heavy atom. The van der Waals surface area contributed by atoms with E-state index in [1.807, 2.05) is 24.4 Å². The normalized spacial score (nSPS) is 17.3. The molecular weight excluding hydrogens is 268 g/mol. The van der Waals surface area contributed by atoms with Gasteiger partial charge in [0.2, 0.25) is 0 Å². The smallest absolute Gasteiger partial charge is 0.262 e. The number of hydrogen-bond donors (Lipinski definition) is 1. The van der Waals surface area contributed by atoms with Crippen LogP contribution in [0.4, 0.5) is 0 Å². The third kappa shape index (κ3) is 3.94. The van der Waals surface area contributed by atoms with Gasteiger partial charge in [-0.3, -0.25) is 4.79 Å². The van der Waals surface area contributed by atoms with Crippen molar-refractivity contribution in [2.24, 2.45) is 0 Å². The first-order chi connectivity index (χ1) is 9.70. The summed E-state index contributed by atoms with van der Waals surface area (Å²) >= 11 is 1.55. The standard InChI is InChI=1S/C16H20N2OS/c1-12-8-9-20-15(12)10-13(11-17)16(19)18-14-6-4-2-3-5-7-14/h8-10,14H,2-7H2,1H3,(H,18,19). The van der Waals surface area contributed by atoms with Crippen LogP contribution in [0.5, 0.6) is 0 Å². The van der Waals surface area contributed by atoms with Crippen molar-refractivity contribution in [2.45, 2.75) is 51.5 Å². The van der Waals surface area contributed by atoms with Crippen LogP contribution in [0, 0.1) is 18.3 Å². The number of carbonyl (C=O) groups is 1. The van der Waals surface area contributed by atoms with E-state index in [4.69, 9.17) is 0 Å². The molecule has 1 aromatic rings. The van der Waals surface area contributed by atoms with E-state index in [2.05, 4.69) is 5.32 Å². The molecule has 3 nitrogen and oxygen atoms in total. The Balaban J connectivity index is 2.04. The Hall–Kier alpha value is -1.60. The topological polar surface area (TPSA) is 52.9 Å². The summed E-state index contributed by atoms with van der Waals surface area (Å²) in [7, 11) is 0. The van der Waals surface area contributed by atoms with Gasteiger partial charge in [0.1, 0.15) is 11.6 Å². The second kappa shape index (κ2) is 7.25. The van der Waals surface area contributed by atoms with Gasteiger partial charge in [0.05, 0.1) is 0 Å². The van der Waals surface area contributed by atoms with Crippen molar-refractivity contribution in [3.8, 4) is 6.07 Å². The molecule has 0 unspecified atom stereocenters. The molecule has 0 radical (unpaired) electrons. The average Bonchev–Trinajstić information content (AvgIpc) is 2.68. The van der Waals surface area contributed by atoms with Crippen LogP contribution in [-0.4, -0.2) is 11.9 Å². The Labute approximate surface area is 124 Å². The second-order valence-corrected chi connectivity index (χ2v) is 6.25. The largest absolute Gasteiger partial charge is 0.349 e. The summed E-state index contributed by atoms with van der Waals surface area (Å²) in [6, 6.07) is 4.25. The number of carbonyl (C=O) groups excluding carboxylic acids is 1. The molecule has 0 bridgehead atoms. The first-order valence-electron chi connectivity index (χ1n) is 7.17. The van der Waals surface area contributed by atoms with Crippen molar-refractivity contribution < 1.29 is 4.79 Å². The molecule has 1 N–H and O–H groups in total. The highest BCUT2D eigenvalue weighted by Gasteiger charge is 2.17. The molecule has 0 saturated heterocycles. The predicted molar refractivity (Wildman–Crippen MR) is 82.3 cm³/mol. The van der Waals surface area contributed by atoms with Gasteiger partial charge in [-0.1, -0.05) is 25.7 Å². The van der Waals surface area contributed by atoms with Gasteiger partial charge >= 0.3 is 0 Å². The SMILES string of the molecule is Cc1ccsc1C=C(C#N)C(=O)NC1CCCCCC1. The molecule has 1 aliphatic rings. The van der Waals surface area contributed by atoms with Crippen molar-refractivity contribution in [3.63, 3.8) is 0 Å². The lowest BCUT2D eigenvalue weighted by Crippen LogP contribution is -2.35. The lowest BCUT2D eigenvalue weighted by Gasteiger charge is -2.15. The first-order valence-corrected chi connectivity index (χ1v) is 8.05. The van der Waals surface area contributed by atoms with Gasteiger partial charge in [0.25, 0.3) is 5.91 Å². The van der Waals surface area contributed by atoms with E-state index in [1.165, 1.54) is 25.7 Å². The van der Waals surface area contributed by atoms with Crippen molar-refractivity contribution in [1.82, 2.24) is 5.32 Å². The van der Waals surface area contributed by atoms with Crippen LogP contribution in [0.25, 0.3) is 6.08 Å². The summed E-state index contributed by atoms with van der Waals surface area (Å²) in [5.41, 5.74) is 1.31. The summed E-state index contributed by atoms with van der Waals surface area (Å²) in [6.45, 7) is 1.99. The summed E-state index contributed by atoms with van der Waals surface area (Å²) < 4.78 is 0. The van der Waals surface area contributed by atoms with Gasteiger partial charge in [-0.25, -0.2) is 0 Å². The van der Waals surface area contributed by atoms with Crippen LogP contribution < -0.4 is 5.32 Å². The number of hydrogen-bond acceptors (Lipinski definition) is 3. The molecule has 106 valence electrons. The number of aryl methyl sites for hydroxylation is 1. The van der Waals surface area contributed by atoms with E-state index in [9.17, 15) is 10.1 Å². The van der Waals surface area contributed by atoms with Gasteiger partial charge in [0.15, 0.2) is 0 Å². The van der Waals surface area contributed by atoms with E-state index in [0.717, 1.165) is 23.3 Å². The van der Waals surface area contributed by atoms with E-state index in [1.54, 1.807) is 17.4 Å². The highest BCUT2D eigenvalue weighted by Crippen LogP contribution is 2.20. The molecule has 1 saturated carbocycles. The Kier molecular flexibility index (Phi) is 5.37. The van der Waals surface area contributed by atoms with Crippen LogP contribution in [0.2, 0.25) is 0 Å². The number of nitrogens with zero attached hydrogens (tertiary/aromatic N) is 1. The van der Waals surface area contributed by atoms with Crippen LogP contribution in [0.15, 0.2) is 17.0 Å². The van der Waals surface area contributed by atoms with Gasteiger partial charge < -0.3 is 5.32 Å². The molecule has 1 heterocycles. The van der Waals surface area contributed by atoms with Gasteiger partial charge in [-0.05, 0) is 42.9 Å². The fraction of sp³-hybridized carbons (Fsp3) is 0.500. The fourth-order valence-corrected chi connectivity index (χ4v) is 3.36. The third-order valence-corrected chi connectivity index (χ3v) is 4.70. The van der Waals surface area contributed by atoms with Gasteiger partial charge in [-0.15, -0.1) is 11.3 Å². The summed E-state index contributed by atoms with van der Waals surface area (Å²) in [5, 5.41) is 14.2. The molecule has 1 fully saturated rings. The van der Waals surface area contributed by atoms with Crippen LogP contribution >= 0.6 is 11.3 Å². The lowest BCUT2D eigenvalue weighted by molar-refractivity contribution is -0.117. The molecule has 1 aromatic heterocycles. The van der Waals surface area contributed by atoms with Crippen molar-refractivity contribution in [1.29, 1.82) is 5.26 Å². The number of rotatable bonds is 3. The summed E-state index contributed by atoms with van der Waals surface area (Å²) in [5.74, 6) is -0.229. The highest BCUT2D eigenvalue weighted by atomic mass is 32.1. The maximum atomic E-state index is 12.2. The van der Waals surface area contributed by atoms with Crippen molar-refractivity contribution in [2.75, 3.05) is 0 Å². The predicted octanol–water partition coefficient (Wildman–Crippen LogP) is 3.80. The molecule has 0 aromatic carbocycles. The molecule has 1 amide bonds. The van der Waals surface area contributed by atoms with Crippen LogP contribution in [-0.2, 0) is 4.79 Å². The molecule has 4 heteroatoms. The van der Waals surface area contributed by atoms with E-state index < -0.39 is 0 Å². The van der Waals surface area contributed by atoms with Crippen molar-refractivity contribution >= 4 is 23.3 Å². The number of thiophene rings is 1. The fourth-order valence-electron chi connectivity index (χ4n) is 2.50. The number of nitriles is 1.